The van der Waals surface area contributed by atoms with Gasteiger partial charge in [0.15, 0.2) is 3.95 Å². The van der Waals surface area contributed by atoms with Crippen LogP contribution in [0.2, 0.25) is 0 Å². The van der Waals surface area contributed by atoms with Crippen LogP contribution in [0.15, 0.2) is 40.5 Å². The summed E-state index contributed by atoms with van der Waals surface area (Å²) in [6.07, 6.45) is 0.942. The van der Waals surface area contributed by atoms with E-state index in [0.29, 0.717) is 24.9 Å². The Morgan fingerprint density at radius 2 is 2.04 bits per heavy atom. The van der Waals surface area contributed by atoms with Crippen molar-refractivity contribution in [3.05, 3.63) is 60.5 Å². The average Bonchev–Trinajstić information content (AvgIpc) is 3.21. The van der Waals surface area contributed by atoms with Crippen molar-refractivity contribution in [2.75, 3.05) is 5.32 Å². The summed E-state index contributed by atoms with van der Waals surface area (Å²) in [7, 11) is 0. The highest BCUT2D eigenvalue weighted by Gasteiger charge is 2.18. The first-order chi connectivity index (χ1) is 12.1. The van der Waals surface area contributed by atoms with E-state index in [1.807, 2.05) is 35.7 Å². The van der Waals surface area contributed by atoms with E-state index in [9.17, 15) is 9.59 Å². The van der Waals surface area contributed by atoms with Crippen molar-refractivity contribution in [1.29, 1.82) is 0 Å². The van der Waals surface area contributed by atoms with Gasteiger partial charge in [-0.15, -0.1) is 11.3 Å². The van der Waals surface area contributed by atoms with Gasteiger partial charge in [0, 0.05) is 5.69 Å². The lowest BCUT2D eigenvalue weighted by Crippen LogP contribution is -2.14. The Labute approximate surface area is 155 Å². The Kier molecular flexibility index (Phi) is 4.03. The summed E-state index contributed by atoms with van der Waals surface area (Å²) in [6.45, 7) is 2.08. The van der Waals surface area contributed by atoms with Crippen LogP contribution in [0.3, 0.4) is 0 Å². The van der Waals surface area contributed by atoms with Crippen LogP contribution in [0.5, 0.6) is 0 Å². The number of nitrogens with zero attached hydrogens (tertiary/aromatic N) is 1. The van der Waals surface area contributed by atoms with Crippen LogP contribution in [0, 0.1) is 3.95 Å². The van der Waals surface area contributed by atoms with Crippen LogP contribution in [-0.4, -0.2) is 15.3 Å². The number of thiazole rings is 1. The topological polar surface area (TPSA) is 66.4 Å². The van der Waals surface area contributed by atoms with E-state index < -0.39 is 0 Å². The van der Waals surface area contributed by atoms with Gasteiger partial charge in [-0.05, 0) is 47.8 Å². The van der Waals surface area contributed by atoms with Gasteiger partial charge in [0.05, 0.1) is 5.52 Å². The Bertz CT molecular complexity index is 1210. The van der Waals surface area contributed by atoms with Crippen molar-refractivity contribution in [2.45, 2.75) is 13.3 Å². The summed E-state index contributed by atoms with van der Waals surface area (Å²) in [5.74, 6) is -0.284. The molecule has 8 heteroatoms. The van der Waals surface area contributed by atoms with Crippen LogP contribution in [0.1, 0.15) is 22.2 Å². The number of anilines is 1. The molecule has 0 aliphatic rings. The van der Waals surface area contributed by atoms with Crippen LogP contribution in [0.25, 0.3) is 15.9 Å². The van der Waals surface area contributed by atoms with Gasteiger partial charge in [-0.25, -0.2) is 0 Å². The number of carbonyl (C=O) groups is 1. The Morgan fingerprint density at radius 3 is 2.76 bits per heavy atom. The molecule has 0 radical (unpaired) electrons. The molecule has 2 N–H and O–H groups in total. The van der Waals surface area contributed by atoms with Crippen LogP contribution < -0.4 is 10.9 Å². The molecule has 1 amide bonds. The molecule has 0 aliphatic heterocycles. The highest BCUT2D eigenvalue weighted by atomic mass is 32.1. The Balaban J connectivity index is 1.80. The molecule has 25 heavy (non-hydrogen) atoms. The molecule has 1 aromatic carbocycles. The molecule has 0 aliphatic carbocycles. The quantitative estimate of drug-likeness (QED) is 0.511. The lowest BCUT2D eigenvalue weighted by Gasteiger charge is -2.05. The molecule has 0 saturated carbocycles. The molecule has 0 saturated heterocycles. The van der Waals surface area contributed by atoms with Crippen molar-refractivity contribution in [1.82, 2.24) is 9.38 Å². The standard InChI is InChI=1S/C17H13N3O2S3/c1-2-9-3-5-10(6-4-9)18-16(22)13-14-19-15(21)12-11(7-8-24-12)20(14)17(23)25-13/h3-8H,2H2,1H3,(H,18,22)(H,19,21). The second-order valence-electron chi connectivity index (χ2n) is 5.47. The number of amides is 1. The molecule has 0 unspecified atom stereocenters. The molecule has 0 atom stereocenters. The smallest absolute Gasteiger partial charge is 0.269 e. The van der Waals surface area contributed by atoms with Gasteiger partial charge in [0.25, 0.3) is 11.5 Å². The van der Waals surface area contributed by atoms with Gasteiger partial charge in [-0.3, -0.25) is 14.0 Å². The van der Waals surface area contributed by atoms with Gasteiger partial charge in [-0.1, -0.05) is 30.4 Å². The number of hydrogen-bond acceptors (Lipinski definition) is 5. The maximum absolute atomic E-state index is 12.7. The molecule has 4 rings (SSSR count). The maximum atomic E-state index is 12.7. The summed E-state index contributed by atoms with van der Waals surface area (Å²) >= 11 is 7.96. The maximum Gasteiger partial charge on any atom is 0.269 e. The molecular formula is C17H13N3O2S3. The molecule has 0 fully saturated rings. The predicted molar refractivity (Wildman–Crippen MR) is 106 cm³/mol. The fraction of sp³-hybridized carbons (Fsp3) is 0.118. The summed E-state index contributed by atoms with van der Waals surface area (Å²) in [6, 6.07) is 9.54. The highest BCUT2D eigenvalue weighted by molar-refractivity contribution is 7.73. The zero-order valence-electron chi connectivity index (χ0n) is 13.2. The number of aromatic nitrogens is 2. The normalized spacial score (nSPS) is 11.2. The largest absolute Gasteiger partial charge is 0.321 e. The van der Waals surface area contributed by atoms with Crippen LogP contribution in [0.4, 0.5) is 5.69 Å². The number of carbonyl (C=O) groups excluding carboxylic acids is 1. The number of nitrogens with one attached hydrogen (secondary N) is 2. The van der Waals surface area contributed by atoms with E-state index in [1.165, 1.54) is 28.2 Å². The third-order valence-corrected chi connectivity index (χ3v) is 6.24. The van der Waals surface area contributed by atoms with Gasteiger partial charge < -0.3 is 10.3 Å². The first-order valence-electron chi connectivity index (χ1n) is 7.64. The minimum absolute atomic E-state index is 0.209. The van der Waals surface area contributed by atoms with Gasteiger partial charge in [-0.2, -0.15) is 0 Å². The number of H-pyrrole nitrogens is 1. The van der Waals surface area contributed by atoms with Crippen LogP contribution >= 0.6 is 34.9 Å². The molecule has 5 nitrogen and oxygen atoms in total. The van der Waals surface area contributed by atoms with E-state index in [-0.39, 0.29) is 11.5 Å². The Morgan fingerprint density at radius 1 is 1.28 bits per heavy atom. The lowest BCUT2D eigenvalue weighted by molar-refractivity contribution is 0.103. The summed E-state index contributed by atoms with van der Waals surface area (Å²) in [4.78, 5) is 28.1. The average molecular weight is 388 g/mol. The number of fused-ring (bicyclic) bond motifs is 3. The van der Waals surface area contributed by atoms with Crippen molar-refractivity contribution in [3.8, 4) is 0 Å². The second-order valence-corrected chi connectivity index (χ2v) is 8.04. The SMILES string of the molecule is CCc1ccc(NC(=O)c2sc(=S)n3c2[nH]c(=O)c2sccc23)cc1. The highest BCUT2D eigenvalue weighted by Crippen LogP contribution is 2.25. The lowest BCUT2D eigenvalue weighted by atomic mass is 10.1. The first kappa shape index (κ1) is 16.2. The predicted octanol–water partition coefficient (Wildman–Crippen LogP) is 4.45. The zero-order valence-corrected chi connectivity index (χ0v) is 15.6. The number of thiophene rings is 1. The van der Waals surface area contributed by atoms with E-state index in [0.717, 1.165) is 11.9 Å². The van der Waals surface area contributed by atoms with Gasteiger partial charge in [0.1, 0.15) is 15.2 Å². The molecule has 0 spiro atoms. The molecule has 126 valence electrons. The van der Waals surface area contributed by atoms with Crippen LogP contribution in [-0.2, 0) is 6.42 Å². The van der Waals surface area contributed by atoms with Gasteiger partial charge >= 0.3 is 0 Å². The van der Waals surface area contributed by atoms with Crippen molar-refractivity contribution < 1.29 is 4.79 Å². The summed E-state index contributed by atoms with van der Waals surface area (Å²) in [5, 5.41) is 4.71. The fourth-order valence-corrected chi connectivity index (χ4v) is 4.73. The fourth-order valence-electron chi connectivity index (χ4n) is 2.68. The van der Waals surface area contributed by atoms with Crippen molar-refractivity contribution in [3.63, 3.8) is 0 Å². The van der Waals surface area contributed by atoms with E-state index in [1.54, 1.807) is 4.40 Å². The third-order valence-electron chi connectivity index (χ3n) is 3.96. The second kappa shape index (κ2) is 6.21. The zero-order chi connectivity index (χ0) is 17.6. The molecule has 3 heterocycles. The number of benzene rings is 1. The first-order valence-corrected chi connectivity index (χ1v) is 9.74. The molecular weight excluding hydrogens is 374 g/mol. The molecule has 3 aromatic heterocycles. The number of rotatable bonds is 3. The monoisotopic (exact) mass is 387 g/mol. The van der Waals surface area contributed by atoms with E-state index in [2.05, 4.69) is 17.2 Å². The molecule has 0 bridgehead atoms. The summed E-state index contributed by atoms with van der Waals surface area (Å²) < 4.78 is 2.88. The Hall–Kier alpha value is -2.29. The van der Waals surface area contributed by atoms with Crippen molar-refractivity contribution in [2.24, 2.45) is 0 Å². The number of hydrogen-bond donors (Lipinski definition) is 2. The van der Waals surface area contributed by atoms with Gasteiger partial charge in [0.2, 0.25) is 0 Å². The van der Waals surface area contributed by atoms with Crippen molar-refractivity contribution >= 4 is 62.3 Å². The minimum atomic E-state index is -0.284. The summed E-state index contributed by atoms with van der Waals surface area (Å²) in [5.41, 5.74) is 2.87. The number of aromatic amines is 1. The molecule has 4 aromatic rings. The minimum Gasteiger partial charge on any atom is -0.321 e. The van der Waals surface area contributed by atoms with E-state index in [4.69, 9.17) is 12.2 Å². The third kappa shape index (κ3) is 2.72. The number of aryl methyl sites for hydroxylation is 1. The van der Waals surface area contributed by atoms with E-state index >= 15 is 0 Å².